The maximum absolute atomic E-state index is 13.4. The van der Waals surface area contributed by atoms with E-state index in [4.69, 9.17) is 20.3 Å². The van der Waals surface area contributed by atoms with Gasteiger partial charge in [0, 0.05) is 28.8 Å². The van der Waals surface area contributed by atoms with Crippen LogP contribution in [0.15, 0.2) is 30.1 Å². The number of carbonyl (C=O) groups is 1. The number of nitrogens with zero attached hydrogens (tertiary/aromatic N) is 2. The minimum Gasteiger partial charge on any atom is -0.481 e. The number of carboxylic acid groups (broad SMARTS) is 1. The quantitative estimate of drug-likeness (QED) is 0.283. The Hall–Kier alpha value is -1.70. The summed E-state index contributed by atoms with van der Waals surface area (Å²) in [6.07, 6.45) is 12.4. The van der Waals surface area contributed by atoms with E-state index in [9.17, 15) is 9.90 Å². The van der Waals surface area contributed by atoms with E-state index in [1.165, 1.54) is 0 Å². The number of ether oxygens (including phenoxy) is 2. The first-order valence-corrected chi connectivity index (χ1v) is 18.3. The van der Waals surface area contributed by atoms with Gasteiger partial charge >= 0.3 is 5.97 Å². The molecule has 0 radical (unpaired) electrons. The highest BCUT2D eigenvalue weighted by atomic mass is 16.5. The lowest BCUT2D eigenvalue weighted by molar-refractivity contribution is -0.252. The second kappa shape index (κ2) is 11.2. The monoisotopic (exact) mass is 637 g/mol. The molecule has 2 bridgehead atoms. The summed E-state index contributed by atoms with van der Waals surface area (Å²) in [6, 6.07) is 2.09. The highest BCUT2D eigenvalue weighted by Crippen LogP contribution is 2.75. The Bertz CT molecular complexity index is 1340. The average molecular weight is 638 g/mol. The van der Waals surface area contributed by atoms with Crippen molar-refractivity contribution < 1.29 is 19.4 Å². The van der Waals surface area contributed by atoms with Crippen molar-refractivity contribution in [3.63, 3.8) is 0 Å². The van der Waals surface area contributed by atoms with Gasteiger partial charge in [0.25, 0.3) is 0 Å². The normalized spacial score (nSPS) is 45.7. The van der Waals surface area contributed by atoms with Gasteiger partial charge in [-0.1, -0.05) is 74.0 Å². The fraction of sp³-hybridized carbons (Fsp3) is 0.846. The lowest BCUT2D eigenvalue weighted by Crippen LogP contribution is -2.69. The van der Waals surface area contributed by atoms with Crippen LogP contribution in [0.4, 0.5) is 0 Å². The second-order valence-corrected chi connectivity index (χ2v) is 18.5. The summed E-state index contributed by atoms with van der Waals surface area (Å²) < 4.78 is 15.8. The van der Waals surface area contributed by atoms with Gasteiger partial charge in [-0.3, -0.25) is 9.48 Å². The van der Waals surface area contributed by atoms with Crippen molar-refractivity contribution in [1.29, 1.82) is 0 Å². The number of carboxylic acids is 1. The van der Waals surface area contributed by atoms with E-state index in [-0.39, 0.29) is 45.1 Å². The van der Waals surface area contributed by atoms with Crippen molar-refractivity contribution in [1.82, 2.24) is 9.78 Å². The van der Waals surface area contributed by atoms with Crippen molar-refractivity contribution in [2.45, 2.75) is 125 Å². The number of fused-ring (bicyclic) bond motifs is 3. The van der Waals surface area contributed by atoms with Crippen LogP contribution in [0.25, 0.3) is 0 Å². The molecule has 46 heavy (non-hydrogen) atoms. The Labute approximate surface area is 278 Å². The molecule has 7 heteroatoms. The van der Waals surface area contributed by atoms with Crippen LogP contribution in [-0.4, -0.2) is 52.3 Å². The van der Waals surface area contributed by atoms with Crippen LogP contribution in [0.3, 0.4) is 0 Å². The van der Waals surface area contributed by atoms with Crippen molar-refractivity contribution in [2.24, 2.45) is 68.3 Å². The second-order valence-electron chi connectivity index (χ2n) is 18.5. The molecule has 1 saturated heterocycles. The predicted octanol–water partition coefficient (Wildman–Crippen LogP) is 7.77. The predicted molar refractivity (Wildman–Crippen MR) is 182 cm³/mol. The highest BCUT2D eigenvalue weighted by Gasteiger charge is 2.72. The van der Waals surface area contributed by atoms with Crippen LogP contribution < -0.4 is 5.73 Å². The summed E-state index contributed by atoms with van der Waals surface area (Å²) in [5, 5.41) is 15.8. The largest absolute Gasteiger partial charge is 0.481 e. The highest BCUT2D eigenvalue weighted by molar-refractivity contribution is 5.73. The molecular weight excluding hydrogens is 574 g/mol. The number of rotatable bonds is 8. The molecule has 0 amide bonds. The lowest BCUT2D eigenvalue weighted by Gasteiger charge is -2.71. The van der Waals surface area contributed by atoms with Gasteiger partial charge in [0.05, 0.1) is 37.9 Å². The Kier molecular flexibility index (Phi) is 8.29. The summed E-state index contributed by atoms with van der Waals surface area (Å²) in [5.41, 5.74) is 6.92. The van der Waals surface area contributed by atoms with Crippen LogP contribution in [0.1, 0.15) is 114 Å². The molecule has 5 aliphatic rings. The molecule has 4 fully saturated rings. The minimum absolute atomic E-state index is 0.0668. The fourth-order valence-corrected chi connectivity index (χ4v) is 12.1. The molecule has 2 heterocycles. The van der Waals surface area contributed by atoms with Gasteiger partial charge in [-0.05, 0) is 97.3 Å². The molecular formula is C39H63N3O4. The summed E-state index contributed by atoms with van der Waals surface area (Å²) in [4.78, 5) is 13.4. The molecule has 1 unspecified atom stereocenters. The molecule has 3 saturated carbocycles. The molecule has 3 N–H and O–H groups in total. The third kappa shape index (κ3) is 4.60. The zero-order valence-corrected chi connectivity index (χ0v) is 30.4. The third-order valence-corrected chi connectivity index (χ3v) is 15.8. The standard InChI is InChI=1S/C39H63N3O4/c1-24(2)26(5)34(6)16-17-36(8)27-12-13-30-35(7)21-45-23-39(30,28(27)14-15-37(36,9)31(34)33(43)44)20-29(42-19-11-18-41-42)32(35)46-22-38(10,40)25(3)4/h11,14,18-19,24-27,29-32H,12-13,15-17,20-23,40H2,1-10H3,(H,43,44)/t26-,27+,29-,30+,31-,32+,34-,35?,36-,37+,38+,39+/m1/s1. The van der Waals surface area contributed by atoms with Crippen LogP contribution >= 0.6 is 0 Å². The zero-order valence-electron chi connectivity index (χ0n) is 30.4. The molecule has 6 rings (SSSR count). The van der Waals surface area contributed by atoms with E-state index in [1.54, 1.807) is 5.57 Å². The van der Waals surface area contributed by atoms with Gasteiger partial charge in [-0.2, -0.15) is 5.10 Å². The first kappa shape index (κ1) is 34.2. The summed E-state index contributed by atoms with van der Waals surface area (Å²) in [5.74, 6) is 0.845. The van der Waals surface area contributed by atoms with E-state index < -0.39 is 11.5 Å². The van der Waals surface area contributed by atoms with Gasteiger partial charge in [-0.15, -0.1) is 0 Å². The average Bonchev–Trinajstić information content (AvgIpc) is 3.51. The van der Waals surface area contributed by atoms with E-state index in [2.05, 4.69) is 86.2 Å². The first-order valence-electron chi connectivity index (χ1n) is 18.3. The SMILES string of the molecule is CC(C)[C@@H](C)[C@@]1(C)CC[C@]2(C)[C@H]3CC[C@H]4C5(C)COC[C@@]4(C[C@@H](n4cccn4)[C@@H]5OC[C@](C)(N)C(C)C)C3=CC[C@@]2(C)[C@@H]1C(=O)O. The molecule has 1 aromatic heterocycles. The Morgan fingerprint density at radius 1 is 1.13 bits per heavy atom. The first-order chi connectivity index (χ1) is 21.4. The molecule has 1 aromatic rings. The maximum Gasteiger partial charge on any atom is 0.307 e. The van der Waals surface area contributed by atoms with Crippen molar-refractivity contribution in [3.05, 3.63) is 30.1 Å². The van der Waals surface area contributed by atoms with E-state index in [0.29, 0.717) is 42.8 Å². The molecule has 0 aromatic carbocycles. The van der Waals surface area contributed by atoms with E-state index >= 15 is 0 Å². The summed E-state index contributed by atoms with van der Waals surface area (Å²) in [6.45, 7) is 24.6. The van der Waals surface area contributed by atoms with Gasteiger partial charge in [0.15, 0.2) is 0 Å². The van der Waals surface area contributed by atoms with Gasteiger partial charge < -0.3 is 20.3 Å². The van der Waals surface area contributed by atoms with Crippen molar-refractivity contribution in [2.75, 3.05) is 19.8 Å². The minimum atomic E-state index is -0.606. The zero-order chi connectivity index (χ0) is 33.7. The molecule has 1 aliphatic heterocycles. The van der Waals surface area contributed by atoms with Crippen LogP contribution in [0, 0.1) is 62.6 Å². The Morgan fingerprint density at radius 3 is 2.46 bits per heavy atom. The number of aromatic nitrogens is 2. The summed E-state index contributed by atoms with van der Waals surface area (Å²) in [7, 11) is 0. The molecule has 258 valence electrons. The molecule has 12 atom stereocenters. The number of allylic oxidation sites excluding steroid dienone is 1. The number of hydrogen-bond acceptors (Lipinski definition) is 5. The summed E-state index contributed by atoms with van der Waals surface area (Å²) >= 11 is 0. The van der Waals surface area contributed by atoms with Crippen LogP contribution in [0.5, 0.6) is 0 Å². The van der Waals surface area contributed by atoms with E-state index in [0.717, 1.165) is 45.1 Å². The Morgan fingerprint density at radius 2 is 1.85 bits per heavy atom. The maximum atomic E-state index is 13.4. The van der Waals surface area contributed by atoms with E-state index in [1.807, 2.05) is 12.3 Å². The van der Waals surface area contributed by atoms with Crippen molar-refractivity contribution >= 4 is 5.97 Å². The number of nitrogens with two attached hydrogens (primary N) is 1. The van der Waals surface area contributed by atoms with Gasteiger partial charge in [0.1, 0.15) is 0 Å². The van der Waals surface area contributed by atoms with Gasteiger partial charge in [-0.25, -0.2) is 0 Å². The number of hydrogen-bond donors (Lipinski definition) is 2. The molecule has 7 nitrogen and oxygen atoms in total. The topological polar surface area (TPSA) is 99.6 Å². The lowest BCUT2D eigenvalue weighted by atomic mass is 9.34. The molecule has 4 aliphatic carbocycles. The van der Waals surface area contributed by atoms with Crippen LogP contribution in [0.2, 0.25) is 0 Å². The van der Waals surface area contributed by atoms with Crippen LogP contribution in [-0.2, 0) is 14.3 Å². The third-order valence-electron chi connectivity index (χ3n) is 15.8. The number of aliphatic carboxylic acids is 1. The Balaban J connectivity index is 1.43. The van der Waals surface area contributed by atoms with Crippen molar-refractivity contribution in [3.8, 4) is 0 Å². The van der Waals surface area contributed by atoms with Gasteiger partial charge in [0.2, 0.25) is 0 Å². The molecule has 0 spiro atoms. The smallest absolute Gasteiger partial charge is 0.307 e. The fourth-order valence-electron chi connectivity index (χ4n) is 12.1.